The first-order valence-corrected chi connectivity index (χ1v) is 9.08. The Hall–Kier alpha value is -0.930. The molecule has 1 saturated carbocycles. The molecule has 3 atom stereocenters. The van der Waals surface area contributed by atoms with Crippen LogP contribution in [0.15, 0.2) is 12.1 Å². The number of methoxy groups -OCH3 is 2. The highest BCUT2D eigenvalue weighted by atomic mass is 35.5. The molecule has 0 bridgehead atoms. The zero-order valence-electron chi connectivity index (χ0n) is 14.3. The van der Waals surface area contributed by atoms with Crippen LogP contribution in [0.4, 0.5) is 0 Å². The average molecular weight is 339 g/mol. The summed E-state index contributed by atoms with van der Waals surface area (Å²) >= 11 is 6.47. The van der Waals surface area contributed by atoms with Gasteiger partial charge in [-0.25, -0.2) is 0 Å². The average Bonchev–Trinajstić information content (AvgIpc) is 3.01. The lowest BCUT2D eigenvalue weighted by Gasteiger charge is -2.24. The number of alkyl halides is 1. The van der Waals surface area contributed by atoms with Crippen molar-refractivity contribution in [3.63, 3.8) is 0 Å². The van der Waals surface area contributed by atoms with E-state index in [-0.39, 0.29) is 11.5 Å². The lowest BCUT2D eigenvalue weighted by atomic mass is 9.85. The van der Waals surface area contributed by atoms with Crippen molar-refractivity contribution in [2.45, 2.75) is 50.5 Å². The number of rotatable bonds is 4. The molecule has 0 saturated heterocycles. The second-order valence-corrected chi connectivity index (χ2v) is 7.50. The summed E-state index contributed by atoms with van der Waals surface area (Å²) < 4.78 is 17.4. The van der Waals surface area contributed by atoms with E-state index in [0.717, 1.165) is 36.0 Å². The Kier molecular flexibility index (Phi) is 5.38. The lowest BCUT2D eigenvalue weighted by molar-refractivity contribution is 0.0212. The van der Waals surface area contributed by atoms with Gasteiger partial charge in [-0.15, -0.1) is 11.6 Å². The molecule has 3 rings (SSSR count). The minimum absolute atomic E-state index is 0.114. The van der Waals surface area contributed by atoms with Gasteiger partial charge in [-0.05, 0) is 36.8 Å². The van der Waals surface area contributed by atoms with E-state index >= 15 is 0 Å². The number of benzene rings is 1. The van der Waals surface area contributed by atoms with Gasteiger partial charge in [-0.2, -0.15) is 0 Å². The summed E-state index contributed by atoms with van der Waals surface area (Å²) in [6.07, 6.45) is 6.27. The quantitative estimate of drug-likeness (QED) is 0.741. The molecule has 1 aliphatic heterocycles. The van der Waals surface area contributed by atoms with Crippen molar-refractivity contribution in [2.75, 3.05) is 20.8 Å². The van der Waals surface area contributed by atoms with E-state index in [9.17, 15) is 0 Å². The summed E-state index contributed by atoms with van der Waals surface area (Å²) in [5, 5.41) is -0.114. The maximum absolute atomic E-state index is 6.47. The molecule has 128 valence electrons. The zero-order chi connectivity index (χ0) is 16.4. The summed E-state index contributed by atoms with van der Waals surface area (Å²) in [5.74, 6) is 2.88. The van der Waals surface area contributed by atoms with Crippen molar-refractivity contribution in [3.8, 4) is 11.5 Å². The molecular weight excluding hydrogens is 312 g/mol. The summed E-state index contributed by atoms with van der Waals surface area (Å²) in [6.45, 7) is 2.78. The molecule has 4 heteroatoms. The predicted molar refractivity (Wildman–Crippen MR) is 92.7 cm³/mol. The molecule has 0 spiro atoms. The molecule has 3 nitrogen and oxygen atoms in total. The number of hydrogen-bond donors (Lipinski definition) is 0. The Morgan fingerprint density at radius 2 is 1.87 bits per heavy atom. The van der Waals surface area contributed by atoms with Crippen LogP contribution in [0, 0.1) is 11.8 Å². The highest BCUT2D eigenvalue weighted by molar-refractivity contribution is 6.20. The molecule has 1 heterocycles. The fraction of sp³-hybridized carbons (Fsp3) is 0.684. The summed E-state index contributed by atoms with van der Waals surface area (Å²) in [5.41, 5.74) is 2.38. The molecule has 0 aromatic heterocycles. The van der Waals surface area contributed by atoms with Crippen molar-refractivity contribution in [1.82, 2.24) is 0 Å². The van der Waals surface area contributed by atoms with Crippen molar-refractivity contribution in [1.29, 1.82) is 0 Å². The second-order valence-electron chi connectivity index (χ2n) is 6.81. The van der Waals surface area contributed by atoms with Crippen LogP contribution in [0.25, 0.3) is 0 Å². The maximum Gasteiger partial charge on any atom is 0.166 e. The number of halogens is 1. The monoisotopic (exact) mass is 338 g/mol. The number of fused-ring (bicyclic) bond motifs is 1. The first-order valence-electron chi connectivity index (χ1n) is 8.65. The third kappa shape index (κ3) is 3.32. The van der Waals surface area contributed by atoms with Crippen molar-refractivity contribution >= 4 is 11.6 Å². The van der Waals surface area contributed by atoms with Crippen LogP contribution >= 0.6 is 11.6 Å². The SMILES string of the molecule is COc1ccc2c(c1OC)C(C(C)Cl)OCC(C1CCCC1)C2. The van der Waals surface area contributed by atoms with E-state index < -0.39 is 0 Å². The van der Waals surface area contributed by atoms with E-state index in [0.29, 0.717) is 5.92 Å². The van der Waals surface area contributed by atoms with Gasteiger partial charge in [0.2, 0.25) is 0 Å². The fourth-order valence-corrected chi connectivity index (χ4v) is 4.43. The third-order valence-corrected chi connectivity index (χ3v) is 5.64. The first-order chi connectivity index (χ1) is 11.2. The molecule has 1 aromatic carbocycles. The van der Waals surface area contributed by atoms with Crippen molar-refractivity contribution < 1.29 is 14.2 Å². The van der Waals surface area contributed by atoms with E-state index in [1.165, 1.54) is 31.2 Å². The summed E-state index contributed by atoms with van der Waals surface area (Å²) in [6, 6.07) is 4.17. The van der Waals surface area contributed by atoms with Gasteiger partial charge in [0.1, 0.15) is 6.10 Å². The van der Waals surface area contributed by atoms with Gasteiger partial charge in [0.15, 0.2) is 11.5 Å². The maximum atomic E-state index is 6.47. The highest BCUT2D eigenvalue weighted by Crippen LogP contribution is 2.45. The number of hydrogen-bond acceptors (Lipinski definition) is 3. The van der Waals surface area contributed by atoms with Gasteiger partial charge in [0, 0.05) is 5.56 Å². The minimum Gasteiger partial charge on any atom is -0.493 e. The van der Waals surface area contributed by atoms with E-state index in [1.54, 1.807) is 14.2 Å². The largest absolute Gasteiger partial charge is 0.493 e. The second kappa shape index (κ2) is 7.31. The predicted octanol–water partition coefficient (Wildman–Crippen LogP) is 4.75. The van der Waals surface area contributed by atoms with Crippen LogP contribution in [0.1, 0.15) is 49.8 Å². The molecule has 3 unspecified atom stereocenters. The zero-order valence-corrected chi connectivity index (χ0v) is 15.1. The molecule has 0 amide bonds. The standard InChI is InChI=1S/C19H27ClO3/c1-12(20)18-17-14(8-9-16(21-2)19(17)22-3)10-15(11-23-18)13-6-4-5-7-13/h8-9,12-13,15,18H,4-7,10-11H2,1-3H3. The van der Waals surface area contributed by atoms with Gasteiger partial charge < -0.3 is 14.2 Å². The lowest BCUT2D eigenvalue weighted by Crippen LogP contribution is -2.20. The molecule has 2 aliphatic rings. The molecule has 0 N–H and O–H groups in total. The fourth-order valence-electron chi connectivity index (χ4n) is 4.23. The van der Waals surface area contributed by atoms with Crippen LogP contribution in [-0.4, -0.2) is 26.2 Å². The molecular formula is C19H27ClO3. The molecule has 1 aliphatic carbocycles. The topological polar surface area (TPSA) is 27.7 Å². The Labute approximate surface area is 144 Å². The van der Waals surface area contributed by atoms with E-state index in [2.05, 4.69) is 6.07 Å². The molecule has 0 radical (unpaired) electrons. The van der Waals surface area contributed by atoms with Crippen LogP contribution < -0.4 is 9.47 Å². The molecule has 1 fully saturated rings. The first kappa shape index (κ1) is 16.9. The molecule has 23 heavy (non-hydrogen) atoms. The Morgan fingerprint density at radius 1 is 1.13 bits per heavy atom. The highest BCUT2D eigenvalue weighted by Gasteiger charge is 2.35. The minimum atomic E-state index is -0.150. The van der Waals surface area contributed by atoms with Crippen LogP contribution in [0.2, 0.25) is 0 Å². The third-order valence-electron chi connectivity index (χ3n) is 5.41. The van der Waals surface area contributed by atoms with Gasteiger partial charge >= 0.3 is 0 Å². The summed E-state index contributed by atoms with van der Waals surface area (Å²) in [4.78, 5) is 0. The van der Waals surface area contributed by atoms with Gasteiger partial charge in [-0.3, -0.25) is 0 Å². The normalized spacial score (nSPS) is 26.4. The van der Waals surface area contributed by atoms with Gasteiger partial charge in [0.25, 0.3) is 0 Å². The Balaban J connectivity index is 2.01. The summed E-state index contributed by atoms with van der Waals surface area (Å²) in [7, 11) is 3.36. The van der Waals surface area contributed by atoms with Crippen molar-refractivity contribution in [2.24, 2.45) is 11.8 Å². The van der Waals surface area contributed by atoms with Crippen LogP contribution in [0.5, 0.6) is 11.5 Å². The van der Waals surface area contributed by atoms with E-state index in [4.69, 9.17) is 25.8 Å². The van der Waals surface area contributed by atoms with Crippen LogP contribution in [0.3, 0.4) is 0 Å². The van der Waals surface area contributed by atoms with Gasteiger partial charge in [0.05, 0.1) is 26.2 Å². The Bertz CT molecular complexity index is 538. The number of ether oxygens (including phenoxy) is 3. The van der Waals surface area contributed by atoms with Gasteiger partial charge in [-0.1, -0.05) is 31.7 Å². The van der Waals surface area contributed by atoms with Crippen molar-refractivity contribution in [3.05, 3.63) is 23.3 Å². The van der Waals surface area contributed by atoms with E-state index in [1.807, 2.05) is 13.0 Å². The molecule has 1 aromatic rings. The van der Waals surface area contributed by atoms with Crippen LogP contribution in [-0.2, 0) is 11.2 Å². The smallest absolute Gasteiger partial charge is 0.166 e. The Morgan fingerprint density at radius 3 is 2.48 bits per heavy atom.